The van der Waals surface area contributed by atoms with Gasteiger partial charge < -0.3 is 9.47 Å². The fourth-order valence-electron chi connectivity index (χ4n) is 2.13. The van der Waals surface area contributed by atoms with Crippen LogP contribution in [0.5, 0.6) is 0 Å². The Bertz CT molecular complexity index is 762. The summed E-state index contributed by atoms with van der Waals surface area (Å²) in [6.07, 6.45) is 7.34. The number of aromatic nitrogens is 5. The van der Waals surface area contributed by atoms with Crippen molar-refractivity contribution in [3.05, 3.63) is 48.2 Å². The molecule has 120 valence electrons. The Balaban J connectivity index is 1.61. The van der Waals surface area contributed by atoms with Gasteiger partial charge in [0, 0.05) is 32.5 Å². The summed E-state index contributed by atoms with van der Waals surface area (Å²) in [6.45, 7) is 1.35. The molecule has 3 heterocycles. The molecule has 0 saturated heterocycles. The Kier molecular flexibility index (Phi) is 4.62. The molecule has 3 aromatic rings. The van der Waals surface area contributed by atoms with E-state index in [-0.39, 0.29) is 5.97 Å². The molecule has 0 saturated carbocycles. The van der Waals surface area contributed by atoms with Crippen LogP contribution in [0.25, 0.3) is 5.65 Å². The lowest BCUT2D eigenvalue weighted by atomic mass is 10.4. The van der Waals surface area contributed by atoms with Crippen molar-refractivity contribution in [3.8, 4) is 0 Å². The molecule has 0 atom stereocenters. The molecule has 8 heteroatoms. The topological polar surface area (TPSA) is 83.5 Å². The van der Waals surface area contributed by atoms with Crippen molar-refractivity contribution in [2.45, 2.75) is 13.0 Å². The maximum atomic E-state index is 11.9. The number of carbonyl (C=O) groups excluding carboxylic acids is 1. The number of nitrogens with zero attached hydrogens (tertiary/aromatic N) is 5. The second-order valence-corrected chi connectivity index (χ2v) is 4.97. The zero-order chi connectivity index (χ0) is 16.1. The Morgan fingerprint density at radius 1 is 1.26 bits per heavy atom. The lowest BCUT2D eigenvalue weighted by Crippen LogP contribution is -2.07. The number of carbonyl (C=O) groups is 1. The van der Waals surface area contributed by atoms with Crippen LogP contribution in [0.3, 0.4) is 0 Å². The van der Waals surface area contributed by atoms with E-state index in [0.717, 1.165) is 11.3 Å². The van der Waals surface area contributed by atoms with Crippen molar-refractivity contribution >= 4 is 11.6 Å². The van der Waals surface area contributed by atoms with Gasteiger partial charge in [0.1, 0.15) is 0 Å². The molecule has 3 aromatic heterocycles. The van der Waals surface area contributed by atoms with E-state index in [2.05, 4.69) is 15.2 Å². The maximum absolute atomic E-state index is 11.9. The van der Waals surface area contributed by atoms with Gasteiger partial charge in [0.2, 0.25) is 0 Å². The molecule has 0 aromatic carbocycles. The van der Waals surface area contributed by atoms with Crippen molar-refractivity contribution in [1.82, 2.24) is 24.4 Å². The van der Waals surface area contributed by atoms with Crippen molar-refractivity contribution in [1.29, 1.82) is 0 Å². The summed E-state index contributed by atoms with van der Waals surface area (Å²) >= 11 is 0. The molecule has 0 amide bonds. The molecule has 23 heavy (non-hydrogen) atoms. The van der Waals surface area contributed by atoms with E-state index < -0.39 is 0 Å². The van der Waals surface area contributed by atoms with Gasteiger partial charge in [-0.3, -0.25) is 4.68 Å². The highest BCUT2D eigenvalue weighted by molar-refractivity contribution is 5.88. The van der Waals surface area contributed by atoms with Gasteiger partial charge in [0.15, 0.2) is 5.65 Å². The van der Waals surface area contributed by atoms with Crippen molar-refractivity contribution in [2.24, 2.45) is 0 Å². The van der Waals surface area contributed by atoms with Gasteiger partial charge in [-0.05, 0) is 12.1 Å². The third-order valence-electron chi connectivity index (χ3n) is 3.21. The molecule has 0 spiro atoms. The van der Waals surface area contributed by atoms with Crippen LogP contribution in [0.2, 0.25) is 0 Å². The molecular weight excluding hydrogens is 298 g/mol. The summed E-state index contributed by atoms with van der Waals surface area (Å²) in [5.74, 6) is -0.385. The minimum absolute atomic E-state index is 0.329. The lowest BCUT2D eigenvalue weighted by molar-refractivity contribution is 0.0468. The monoisotopic (exact) mass is 315 g/mol. The van der Waals surface area contributed by atoms with Gasteiger partial charge in [-0.25, -0.2) is 14.3 Å². The molecular formula is C15H17N5O3. The van der Waals surface area contributed by atoms with Crippen LogP contribution in [-0.4, -0.2) is 50.7 Å². The van der Waals surface area contributed by atoms with Crippen LogP contribution >= 0.6 is 0 Å². The summed E-state index contributed by atoms with van der Waals surface area (Å²) in [5, 5.41) is 8.33. The van der Waals surface area contributed by atoms with Crippen LogP contribution in [0.1, 0.15) is 22.5 Å². The Morgan fingerprint density at radius 2 is 2.17 bits per heavy atom. The zero-order valence-electron chi connectivity index (χ0n) is 12.8. The van der Waals surface area contributed by atoms with Crippen LogP contribution in [0.15, 0.2) is 36.9 Å². The minimum atomic E-state index is -0.385. The van der Waals surface area contributed by atoms with Crippen LogP contribution < -0.4 is 0 Å². The zero-order valence-corrected chi connectivity index (χ0v) is 12.8. The van der Waals surface area contributed by atoms with Crippen LogP contribution in [0, 0.1) is 0 Å². The van der Waals surface area contributed by atoms with Gasteiger partial charge >= 0.3 is 5.97 Å². The van der Waals surface area contributed by atoms with Gasteiger partial charge in [0.05, 0.1) is 36.8 Å². The number of hydrogen-bond donors (Lipinski definition) is 0. The second-order valence-electron chi connectivity index (χ2n) is 4.97. The summed E-state index contributed by atoms with van der Waals surface area (Å²) < 4.78 is 13.4. The summed E-state index contributed by atoms with van der Waals surface area (Å²) in [5.41, 5.74) is 2.00. The molecule has 0 N–H and O–H groups in total. The van der Waals surface area contributed by atoms with Gasteiger partial charge in [0.25, 0.3) is 0 Å². The van der Waals surface area contributed by atoms with Crippen LogP contribution in [-0.2, 0) is 16.0 Å². The molecule has 0 unspecified atom stereocenters. The fourth-order valence-corrected chi connectivity index (χ4v) is 2.13. The average molecular weight is 315 g/mol. The highest BCUT2D eigenvalue weighted by Crippen LogP contribution is 2.06. The third-order valence-corrected chi connectivity index (χ3v) is 3.21. The fraction of sp³-hybridized carbons (Fsp3) is 0.333. The minimum Gasteiger partial charge on any atom is -0.462 e. The highest BCUT2D eigenvalue weighted by Gasteiger charge is 2.11. The Labute approximate surface area is 132 Å². The van der Waals surface area contributed by atoms with Gasteiger partial charge in [-0.2, -0.15) is 10.2 Å². The number of rotatable bonds is 7. The molecule has 0 aliphatic rings. The predicted molar refractivity (Wildman–Crippen MR) is 81.1 cm³/mol. The smallest absolute Gasteiger partial charge is 0.341 e. The maximum Gasteiger partial charge on any atom is 0.341 e. The number of methoxy groups -OCH3 is 1. The molecule has 0 radical (unpaired) electrons. The van der Waals surface area contributed by atoms with Crippen LogP contribution in [0.4, 0.5) is 0 Å². The predicted octanol–water partition coefficient (Wildman–Crippen LogP) is 1.17. The molecule has 0 bridgehead atoms. The molecule has 3 rings (SSSR count). The first-order valence-electron chi connectivity index (χ1n) is 7.24. The standard InChI is InChI=1S/C15H17N5O3/c1-22-6-3-7-23-15(21)12-8-17-19(9-12)10-13-11-20-14(18-13)4-2-5-16-20/h2,4-5,8-9,11H,3,6-7,10H2,1H3. The number of fused-ring (bicyclic) bond motifs is 1. The second kappa shape index (κ2) is 7.01. The average Bonchev–Trinajstić information content (AvgIpc) is 3.18. The van der Waals surface area contributed by atoms with E-state index in [9.17, 15) is 4.79 Å². The first-order chi connectivity index (χ1) is 11.3. The molecule has 8 nitrogen and oxygen atoms in total. The quantitative estimate of drug-likeness (QED) is 0.481. The Morgan fingerprint density at radius 3 is 3.00 bits per heavy atom. The normalized spacial score (nSPS) is 11.0. The highest BCUT2D eigenvalue weighted by atomic mass is 16.5. The van der Waals surface area contributed by atoms with E-state index >= 15 is 0 Å². The van der Waals surface area contributed by atoms with Crippen molar-refractivity contribution in [2.75, 3.05) is 20.3 Å². The van der Waals surface area contributed by atoms with E-state index in [1.54, 1.807) is 28.7 Å². The number of esters is 1. The SMILES string of the molecule is COCCCOC(=O)c1cnn(Cc2cn3ncccc3n2)c1. The molecule has 0 aliphatic carbocycles. The summed E-state index contributed by atoms with van der Waals surface area (Å²) in [4.78, 5) is 16.3. The third kappa shape index (κ3) is 3.72. The van der Waals surface area contributed by atoms with E-state index in [0.29, 0.717) is 31.7 Å². The van der Waals surface area contributed by atoms with E-state index in [1.165, 1.54) is 6.20 Å². The van der Waals surface area contributed by atoms with E-state index in [4.69, 9.17) is 9.47 Å². The first-order valence-corrected chi connectivity index (χ1v) is 7.24. The largest absolute Gasteiger partial charge is 0.462 e. The summed E-state index contributed by atoms with van der Waals surface area (Å²) in [6, 6.07) is 3.71. The van der Waals surface area contributed by atoms with Gasteiger partial charge in [-0.15, -0.1) is 0 Å². The molecule has 0 fully saturated rings. The van der Waals surface area contributed by atoms with Gasteiger partial charge in [-0.1, -0.05) is 0 Å². The lowest BCUT2D eigenvalue weighted by Gasteiger charge is -2.02. The Hall–Kier alpha value is -2.74. The van der Waals surface area contributed by atoms with E-state index in [1.807, 2.05) is 18.3 Å². The van der Waals surface area contributed by atoms with Crippen molar-refractivity contribution in [3.63, 3.8) is 0 Å². The number of hydrogen-bond acceptors (Lipinski definition) is 6. The summed E-state index contributed by atoms with van der Waals surface area (Å²) in [7, 11) is 1.61. The number of imidazole rings is 1. The first kappa shape index (κ1) is 15.2. The molecule has 0 aliphatic heterocycles. The van der Waals surface area contributed by atoms with Crippen molar-refractivity contribution < 1.29 is 14.3 Å². The number of ether oxygens (including phenoxy) is 2.